The molecule has 0 bridgehead atoms. The molecule has 80 valence electrons. The van der Waals surface area contributed by atoms with Gasteiger partial charge in [-0.3, -0.25) is 9.59 Å². The molecule has 0 aromatic heterocycles. The van der Waals surface area contributed by atoms with E-state index >= 15 is 0 Å². The van der Waals surface area contributed by atoms with Crippen molar-refractivity contribution >= 4 is 17.8 Å². The maximum Gasteiger partial charge on any atom is 0.359 e. The van der Waals surface area contributed by atoms with Crippen LogP contribution >= 0.6 is 0 Å². The molecule has 1 heterocycles. The minimum Gasteiger partial charge on any atom is -0.325 e. The molecule has 0 aromatic carbocycles. The van der Waals surface area contributed by atoms with Crippen LogP contribution in [-0.4, -0.2) is 22.8 Å². The molecular weight excluding hydrogens is 198 g/mol. The highest BCUT2D eigenvalue weighted by Crippen LogP contribution is 2.20. The molecule has 1 aliphatic heterocycles. The van der Waals surface area contributed by atoms with E-state index in [9.17, 15) is 14.4 Å². The lowest BCUT2D eigenvalue weighted by Crippen LogP contribution is -2.33. The van der Waals surface area contributed by atoms with Crippen molar-refractivity contribution in [3.05, 3.63) is 24.8 Å². The van der Waals surface area contributed by atoms with Crippen LogP contribution in [0.15, 0.2) is 24.8 Å². The maximum atomic E-state index is 11.4. The van der Waals surface area contributed by atoms with Gasteiger partial charge in [-0.25, -0.2) is 4.79 Å². The van der Waals surface area contributed by atoms with Crippen molar-refractivity contribution in [3.8, 4) is 0 Å². The van der Waals surface area contributed by atoms with Gasteiger partial charge in [0.2, 0.25) is 0 Å². The van der Waals surface area contributed by atoms with E-state index in [0.29, 0.717) is 5.06 Å². The summed E-state index contributed by atoms with van der Waals surface area (Å²) in [5, 5.41) is 0.476. The third-order valence-electron chi connectivity index (χ3n) is 1.95. The van der Waals surface area contributed by atoms with Crippen LogP contribution in [0.3, 0.4) is 0 Å². The Kier molecular flexibility index (Phi) is 3.04. The first kappa shape index (κ1) is 11.2. The van der Waals surface area contributed by atoms with Crippen LogP contribution in [0, 0.1) is 5.92 Å². The molecule has 0 radical (unpaired) electrons. The molecule has 0 aromatic rings. The van der Waals surface area contributed by atoms with Crippen LogP contribution in [-0.2, 0) is 19.2 Å². The average molecular weight is 209 g/mol. The lowest BCUT2D eigenvalue weighted by molar-refractivity contribution is -0.194. The van der Waals surface area contributed by atoms with Gasteiger partial charge in [0.05, 0.1) is 5.92 Å². The number of hydrogen-bond acceptors (Lipinski definition) is 4. The Bertz CT molecular complexity index is 358. The van der Waals surface area contributed by atoms with Crippen molar-refractivity contribution in [2.75, 3.05) is 0 Å². The largest absolute Gasteiger partial charge is 0.359 e. The fourth-order valence-electron chi connectivity index (χ4n) is 1.07. The number of carbonyl (C=O) groups excluding carboxylic acids is 3. The van der Waals surface area contributed by atoms with Gasteiger partial charge in [-0.05, 0) is 6.92 Å². The summed E-state index contributed by atoms with van der Waals surface area (Å²) in [4.78, 5) is 38.4. The van der Waals surface area contributed by atoms with Crippen LogP contribution < -0.4 is 0 Å². The van der Waals surface area contributed by atoms with E-state index < -0.39 is 23.7 Å². The van der Waals surface area contributed by atoms with Gasteiger partial charge in [-0.2, -0.15) is 0 Å². The second kappa shape index (κ2) is 4.08. The topological polar surface area (TPSA) is 63.7 Å². The van der Waals surface area contributed by atoms with Crippen molar-refractivity contribution < 1.29 is 19.2 Å². The van der Waals surface area contributed by atoms with Crippen molar-refractivity contribution in [1.29, 1.82) is 0 Å². The van der Waals surface area contributed by atoms with Gasteiger partial charge in [0, 0.05) is 12.0 Å². The zero-order chi connectivity index (χ0) is 11.6. The normalized spacial score (nSPS) is 20.3. The van der Waals surface area contributed by atoms with Crippen LogP contribution in [0.5, 0.6) is 0 Å². The summed E-state index contributed by atoms with van der Waals surface area (Å²) in [7, 11) is 0. The van der Waals surface area contributed by atoms with Gasteiger partial charge < -0.3 is 4.84 Å². The molecule has 1 unspecified atom stereocenters. The molecule has 0 spiro atoms. The van der Waals surface area contributed by atoms with Crippen molar-refractivity contribution in [3.63, 3.8) is 0 Å². The van der Waals surface area contributed by atoms with Gasteiger partial charge in [-0.1, -0.05) is 12.7 Å². The first-order chi connectivity index (χ1) is 6.97. The van der Waals surface area contributed by atoms with Gasteiger partial charge in [-0.15, -0.1) is 11.6 Å². The van der Waals surface area contributed by atoms with Crippen molar-refractivity contribution in [1.82, 2.24) is 5.06 Å². The summed E-state index contributed by atoms with van der Waals surface area (Å²) in [5.41, 5.74) is 0.123. The predicted octanol–water partition coefficient (Wildman–Crippen LogP) is 0.582. The predicted molar refractivity (Wildman–Crippen MR) is 51.1 cm³/mol. The summed E-state index contributed by atoms with van der Waals surface area (Å²) in [6.07, 6.45) is 1.35. The second-order valence-corrected chi connectivity index (χ2v) is 3.23. The lowest BCUT2D eigenvalue weighted by Gasteiger charge is -2.12. The Hall–Kier alpha value is -1.91. The molecule has 1 atom stereocenters. The van der Waals surface area contributed by atoms with Crippen LogP contribution in [0.1, 0.15) is 13.3 Å². The third kappa shape index (κ3) is 2.12. The standard InChI is InChI=1S/C10H11NO4/c1-4-7-5-8(12)11(9(7)13)15-10(14)6(2)3/h4,7H,1-2,5H2,3H3. The summed E-state index contributed by atoms with van der Waals surface area (Å²) in [6, 6.07) is 0. The molecular formula is C10H11NO4. The molecule has 1 aliphatic rings. The number of nitrogens with zero attached hydrogens (tertiary/aromatic N) is 1. The monoisotopic (exact) mass is 209 g/mol. The van der Waals surface area contributed by atoms with Crippen LogP contribution in [0.2, 0.25) is 0 Å². The number of hydroxylamine groups is 2. The van der Waals surface area contributed by atoms with Crippen LogP contribution in [0.25, 0.3) is 0 Å². The van der Waals surface area contributed by atoms with Gasteiger partial charge in [0.25, 0.3) is 11.8 Å². The molecule has 0 saturated carbocycles. The zero-order valence-electron chi connectivity index (χ0n) is 8.36. The first-order valence-electron chi connectivity index (χ1n) is 4.34. The SMILES string of the molecule is C=CC1CC(=O)N(OC(=O)C(=C)C)C1=O. The minimum absolute atomic E-state index is 0.00813. The highest BCUT2D eigenvalue weighted by molar-refractivity contribution is 6.04. The molecule has 2 amide bonds. The summed E-state index contributed by atoms with van der Waals surface area (Å²) >= 11 is 0. The molecule has 5 nitrogen and oxygen atoms in total. The first-order valence-corrected chi connectivity index (χ1v) is 4.34. The van der Waals surface area contributed by atoms with Gasteiger partial charge >= 0.3 is 5.97 Å². The maximum absolute atomic E-state index is 11.4. The Morgan fingerprint density at radius 3 is 2.60 bits per heavy atom. The highest BCUT2D eigenvalue weighted by atomic mass is 16.7. The average Bonchev–Trinajstić information content (AvgIpc) is 2.44. The van der Waals surface area contributed by atoms with E-state index in [0.717, 1.165) is 0 Å². The number of hydrogen-bond donors (Lipinski definition) is 0. The second-order valence-electron chi connectivity index (χ2n) is 3.23. The molecule has 1 fully saturated rings. The smallest absolute Gasteiger partial charge is 0.325 e. The number of rotatable bonds is 3. The van der Waals surface area contributed by atoms with E-state index in [1.54, 1.807) is 0 Å². The van der Waals surface area contributed by atoms with E-state index in [2.05, 4.69) is 18.0 Å². The highest BCUT2D eigenvalue weighted by Gasteiger charge is 2.39. The molecule has 1 saturated heterocycles. The Balaban J connectivity index is 2.75. The molecule has 5 heteroatoms. The van der Waals surface area contributed by atoms with Gasteiger partial charge in [0.1, 0.15) is 0 Å². The van der Waals surface area contributed by atoms with Crippen LogP contribution in [0.4, 0.5) is 0 Å². The quantitative estimate of drug-likeness (QED) is 0.387. The Morgan fingerprint density at radius 1 is 1.60 bits per heavy atom. The Labute approximate surface area is 87.0 Å². The zero-order valence-corrected chi connectivity index (χ0v) is 8.36. The van der Waals surface area contributed by atoms with Crippen molar-refractivity contribution in [2.45, 2.75) is 13.3 Å². The number of amides is 2. The summed E-state index contributed by atoms with van der Waals surface area (Å²) in [5.74, 6) is -2.50. The fourth-order valence-corrected chi connectivity index (χ4v) is 1.07. The molecule has 1 rings (SSSR count). The van der Waals surface area contributed by atoms with E-state index in [1.807, 2.05) is 0 Å². The van der Waals surface area contributed by atoms with E-state index in [4.69, 9.17) is 0 Å². The fraction of sp³-hybridized carbons (Fsp3) is 0.300. The van der Waals surface area contributed by atoms with E-state index in [-0.39, 0.29) is 12.0 Å². The molecule has 0 N–H and O–H groups in total. The number of carbonyl (C=O) groups is 3. The van der Waals surface area contributed by atoms with Crippen molar-refractivity contribution in [2.24, 2.45) is 5.92 Å². The van der Waals surface area contributed by atoms with Gasteiger partial charge in [0.15, 0.2) is 0 Å². The molecule has 15 heavy (non-hydrogen) atoms. The lowest BCUT2D eigenvalue weighted by atomic mass is 10.1. The van der Waals surface area contributed by atoms with E-state index in [1.165, 1.54) is 13.0 Å². The Morgan fingerprint density at radius 2 is 2.20 bits per heavy atom. The summed E-state index contributed by atoms with van der Waals surface area (Å²) < 4.78 is 0. The summed E-state index contributed by atoms with van der Waals surface area (Å²) in [6.45, 7) is 8.19. The number of imide groups is 1. The minimum atomic E-state index is -0.790. The molecule has 0 aliphatic carbocycles. The third-order valence-corrected chi connectivity index (χ3v) is 1.95.